The number of hydrogen-bond donors (Lipinski definition) is 0. The van der Waals surface area contributed by atoms with E-state index < -0.39 is 10.8 Å². The molecule has 1 aliphatic heterocycles. The van der Waals surface area contributed by atoms with Crippen molar-refractivity contribution in [3.05, 3.63) is 0 Å². The first-order valence-electron chi connectivity index (χ1n) is 10.4. The van der Waals surface area contributed by atoms with E-state index in [1.807, 2.05) is 0 Å². The molecule has 1 spiro atoms. The molecule has 0 unspecified atom stereocenters. The zero-order valence-electron chi connectivity index (χ0n) is 14.7. The van der Waals surface area contributed by atoms with Crippen LogP contribution in [0.25, 0.3) is 0 Å². The van der Waals surface area contributed by atoms with Crippen LogP contribution in [0.1, 0.15) is 25.7 Å². The third kappa shape index (κ3) is 0.848. The Bertz CT molecular complexity index is 849. The lowest BCUT2D eigenvalue weighted by molar-refractivity contribution is -0.232. The molecule has 0 aromatic carbocycles. The van der Waals surface area contributed by atoms with Crippen molar-refractivity contribution < 1.29 is 23.9 Å². The summed E-state index contributed by atoms with van der Waals surface area (Å²) in [6.07, 6.45) is 3.66. The quantitative estimate of drug-likeness (QED) is 0.667. The van der Waals surface area contributed by atoms with Crippen LogP contribution in [0, 0.1) is 70.0 Å². The number of hydrogen-bond acceptors (Lipinski definition) is 5. The molecule has 136 valence electrons. The van der Waals surface area contributed by atoms with Gasteiger partial charge in [-0.05, 0) is 66.6 Å². The summed E-state index contributed by atoms with van der Waals surface area (Å²) in [5.74, 6) is 3.06. The van der Waals surface area contributed by atoms with Crippen molar-refractivity contribution in [1.29, 1.82) is 0 Å². The topological polar surface area (TPSA) is 69.7 Å². The molecule has 0 aromatic rings. The third-order valence-electron chi connectivity index (χ3n) is 11.0. The van der Waals surface area contributed by atoms with Crippen LogP contribution in [-0.4, -0.2) is 30.9 Å². The Morgan fingerprint density at radius 1 is 1.00 bits per heavy atom. The molecule has 9 fully saturated rings. The molecule has 0 amide bonds. The second-order valence-electron chi connectivity index (χ2n) is 10.4. The summed E-state index contributed by atoms with van der Waals surface area (Å²) in [4.78, 5) is 39.9. The molecule has 8 bridgehead atoms. The number of Topliss-reactive ketones (excluding diaryl/α,β-unsaturated/α-hetero) is 1. The van der Waals surface area contributed by atoms with Gasteiger partial charge in [0.05, 0.1) is 17.9 Å². The molecule has 13 atom stereocenters. The van der Waals surface area contributed by atoms with Crippen LogP contribution in [0.3, 0.4) is 0 Å². The highest BCUT2D eigenvalue weighted by Gasteiger charge is 3.02. The first-order valence-corrected chi connectivity index (χ1v) is 10.4. The summed E-state index contributed by atoms with van der Waals surface area (Å²) in [6.45, 7) is 0. The van der Waals surface area contributed by atoms with Gasteiger partial charge in [0.2, 0.25) is 0 Å². The number of fused-ring (bicyclic) bond motifs is 1. The summed E-state index contributed by atoms with van der Waals surface area (Å²) in [5, 5.41) is 0. The van der Waals surface area contributed by atoms with E-state index in [4.69, 9.17) is 9.47 Å². The van der Waals surface area contributed by atoms with Crippen molar-refractivity contribution >= 4 is 17.7 Å². The Hall–Kier alpha value is -1.39. The Balaban J connectivity index is 1.48. The smallest absolute Gasteiger partial charge is 0.314 e. The van der Waals surface area contributed by atoms with Gasteiger partial charge in [0, 0.05) is 18.3 Å². The molecule has 0 N–H and O–H groups in total. The normalized spacial score (nSPS) is 68.9. The largest absolute Gasteiger partial charge is 0.469 e. The van der Waals surface area contributed by atoms with Gasteiger partial charge >= 0.3 is 11.9 Å². The molecule has 26 heavy (non-hydrogen) atoms. The van der Waals surface area contributed by atoms with E-state index in [9.17, 15) is 14.4 Å². The third-order valence-corrected chi connectivity index (χ3v) is 11.0. The van der Waals surface area contributed by atoms with Gasteiger partial charge in [-0.3, -0.25) is 14.4 Å². The highest BCUT2D eigenvalue weighted by Crippen LogP contribution is 2.98. The van der Waals surface area contributed by atoms with Crippen molar-refractivity contribution in [3.63, 3.8) is 0 Å². The van der Waals surface area contributed by atoms with E-state index in [0.29, 0.717) is 47.7 Å². The fourth-order valence-electron chi connectivity index (χ4n) is 11.6. The SMILES string of the molecule is COC(=O)[C@@]12[C@H]3[C@@H]4CC[C@@H]5OC(=O)[C@]16[C@@H]([C@@H]3[C@H]1[C@@H]6[C@@H]3CCC(=O)[C@H]3[C@@H]12)[C@H]45. The lowest BCUT2D eigenvalue weighted by Gasteiger charge is -2.60. The predicted octanol–water partition coefficient (Wildman–Crippen LogP) is 1.44. The Morgan fingerprint density at radius 2 is 1.81 bits per heavy atom. The lowest BCUT2D eigenvalue weighted by atomic mass is 9.43. The van der Waals surface area contributed by atoms with E-state index in [1.54, 1.807) is 0 Å². The van der Waals surface area contributed by atoms with Crippen LogP contribution in [0.15, 0.2) is 0 Å². The maximum atomic E-state index is 13.6. The molecule has 9 rings (SSSR count). The number of carbonyl (C=O) groups excluding carboxylic acids is 3. The minimum Gasteiger partial charge on any atom is -0.469 e. The highest BCUT2D eigenvalue weighted by molar-refractivity contribution is 5.98. The van der Waals surface area contributed by atoms with Crippen LogP contribution in [-0.2, 0) is 23.9 Å². The molecule has 5 heteroatoms. The summed E-state index contributed by atoms with van der Waals surface area (Å²) >= 11 is 0. The minimum atomic E-state index is -0.749. The molecule has 5 nitrogen and oxygen atoms in total. The second-order valence-corrected chi connectivity index (χ2v) is 10.4. The number of esters is 2. The maximum absolute atomic E-state index is 13.6. The number of ketones is 1. The van der Waals surface area contributed by atoms with E-state index in [1.165, 1.54) is 7.11 Å². The maximum Gasteiger partial charge on any atom is 0.314 e. The number of ether oxygens (including phenoxy) is 2. The van der Waals surface area contributed by atoms with Gasteiger partial charge in [0.25, 0.3) is 0 Å². The predicted molar refractivity (Wildman–Crippen MR) is 85.1 cm³/mol. The average Bonchev–Trinajstić information content (AvgIpc) is 3.41. The molecule has 1 heterocycles. The number of carbonyl (C=O) groups is 3. The van der Waals surface area contributed by atoms with Gasteiger partial charge in [-0.1, -0.05) is 0 Å². The van der Waals surface area contributed by atoms with Gasteiger partial charge in [-0.25, -0.2) is 0 Å². The highest BCUT2D eigenvalue weighted by atomic mass is 16.6. The van der Waals surface area contributed by atoms with Crippen molar-refractivity contribution in [2.24, 2.45) is 70.0 Å². The van der Waals surface area contributed by atoms with Crippen LogP contribution >= 0.6 is 0 Å². The van der Waals surface area contributed by atoms with E-state index in [0.717, 1.165) is 19.3 Å². The molecule has 0 radical (unpaired) electrons. The van der Waals surface area contributed by atoms with Gasteiger partial charge < -0.3 is 9.47 Å². The second kappa shape index (κ2) is 3.51. The van der Waals surface area contributed by atoms with Crippen LogP contribution in [0.5, 0.6) is 0 Å². The summed E-state index contributed by atoms with van der Waals surface area (Å²) in [5.41, 5.74) is -1.40. The van der Waals surface area contributed by atoms with E-state index in [2.05, 4.69) is 0 Å². The van der Waals surface area contributed by atoms with Crippen molar-refractivity contribution in [2.45, 2.75) is 31.8 Å². The fraction of sp³-hybridized carbons (Fsp3) is 0.857. The Morgan fingerprint density at radius 3 is 2.62 bits per heavy atom. The summed E-state index contributed by atoms with van der Waals surface area (Å²) < 4.78 is 11.5. The van der Waals surface area contributed by atoms with Crippen LogP contribution in [0.4, 0.5) is 0 Å². The molecule has 8 saturated carbocycles. The lowest BCUT2D eigenvalue weighted by Crippen LogP contribution is -2.68. The van der Waals surface area contributed by atoms with Gasteiger partial charge in [0.15, 0.2) is 0 Å². The average molecular weight is 354 g/mol. The van der Waals surface area contributed by atoms with Gasteiger partial charge in [-0.15, -0.1) is 0 Å². The number of methoxy groups -OCH3 is 1. The standard InChI is InChI=1S/C21H22O5/c1-25-18(23)20-15-7-3-5-9-11(7)17-13(15)12-14(21(17,20)19(24)26-9)6-2-4-8(22)10(6)16(12)20/h6-7,9-17H,2-5H2,1H3/t6-,7-,9+,10+,11-,12+,13-,14+,15+,16+,17-,20+,21+/m1/s1. The zero-order chi connectivity index (χ0) is 17.3. The molecule has 8 aliphatic carbocycles. The molecule has 0 aromatic heterocycles. The first kappa shape index (κ1) is 13.7. The fourth-order valence-corrected chi connectivity index (χ4v) is 11.6. The Kier molecular flexibility index (Phi) is 1.86. The van der Waals surface area contributed by atoms with Crippen molar-refractivity contribution in [3.8, 4) is 0 Å². The minimum absolute atomic E-state index is 0.00616. The van der Waals surface area contributed by atoms with E-state index in [-0.39, 0.29) is 41.7 Å². The van der Waals surface area contributed by atoms with Crippen LogP contribution in [0.2, 0.25) is 0 Å². The summed E-state index contributed by atoms with van der Waals surface area (Å²) in [7, 11) is 1.47. The zero-order valence-corrected chi connectivity index (χ0v) is 14.7. The van der Waals surface area contributed by atoms with Crippen molar-refractivity contribution in [2.75, 3.05) is 7.11 Å². The van der Waals surface area contributed by atoms with Crippen molar-refractivity contribution in [1.82, 2.24) is 0 Å². The van der Waals surface area contributed by atoms with Gasteiger partial charge in [0.1, 0.15) is 11.9 Å². The number of rotatable bonds is 1. The Labute approximate surface area is 151 Å². The molecule has 9 aliphatic rings. The van der Waals surface area contributed by atoms with Crippen LogP contribution < -0.4 is 0 Å². The van der Waals surface area contributed by atoms with E-state index >= 15 is 0 Å². The van der Waals surface area contributed by atoms with Gasteiger partial charge in [-0.2, -0.15) is 0 Å². The monoisotopic (exact) mass is 354 g/mol. The summed E-state index contributed by atoms with van der Waals surface area (Å²) in [6, 6.07) is 0. The molecular formula is C21H22O5. The molecule has 1 saturated heterocycles. The first-order chi connectivity index (χ1) is 12.6. The molecular weight excluding hydrogens is 332 g/mol.